The quantitative estimate of drug-likeness (QED) is 0.600. The van der Waals surface area contributed by atoms with Crippen molar-refractivity contribution in [3.8, 4) is 11.1 Å². The zero-order valence-corrected chi connectivity index (χ0v) is 18.7. The van der Waals surface area contributed by atoms with E-state index >= 15 is 0 Å². The molecule has 0 atom stereocenters. The van der Waals surface area contributed by atoms with E-state index in [-0.39, 0.29) is 5.91 Å². The number of carbonyl (C=O) groups excluding carboxylic acids is 1. The number of fused-ring (bicyclic) bond motifs is 1. The largest absolute Gasteiger partial charge is 0.378 e. The Morgan fingerprint density at radius 1 is 1.03 bits per heavy atom. The number of benzene rings is 1. The summed E-state index contributed by atoms with van der Waals surface area (Å²) in [6.45, 7) is 6.48. The van der Waals surface area contributed by atoms with Crippen molar-refractivity contribution >= 4 is 44.9 Å². The van der Waals surface area contributed by atoms with Crippen LogP contribution in [0.1, 0.15) is 0 Å². The fourth-order valence-corrected chi connectivity index (χ4v) is 5.20. The summed E-state index contributed by atoms with van der Waals surface area (Å²) in [6, 6.07) is 7.90. The number of amides is 1. The van der Waals surface area contributed by atoms with Crippen LogP contribution in [0.25, 0.3) is 21.3 Å². The summed E-state index contributed by atoms with van der Waals surface area (Å²) in [4.78, 5) is 29.2. The highest BCUT2D eigenvalue weighted by Gasteiger charge is 2.25. The summed E-state index contributed by atoms with van der Waals surface area (Å²) < 4.78 is 5.35. The minimum Gasteiger partial charge on any atom is -0.378 e. The van der Waals surface area contributed by atoms with Crippen LogP contribution in [0.2, 0.25) is 5.02 Å². The number of hydrogen-bond donors (Lipinski definition) is 0. The lowest BCUT2D eigenvalue weighted by atomic mass is 10.1. The molecule has 0 unspecified atom stereocenters. The molecule has 2 aliphatic heterocycles. The molecule has 2 aliphatic rings. The maximum atomic E-state index is 12.6. The molecule has 2 saturated heterocycles. The Labute approximate surface area is 190 Å². The van der Waals surface area contributed by atoms with Gasteiger partial charge in [0.25, 0.3) is 0 Å². The zero-order valence-electron chi connectivity index (χ0n) is 17.2. The van der Waals surface area contributed by atoms with Crippen molar-refractivity contribution in [3.05, 3.63) is 41.0 Å². The fourth-order valence-electron chi connectivity index (χ4n) is 4.16. The molecule has 0 saturated carbocycles. The first-order chi connectivity index (χ1) is 15.2. The van der Waals surface area contributed by atoms with Crippen molar-refractivity contribution in [3.63, 3.8) is 0 Å². The Balaban J connectivity index is 1.31. The maximum Gasteiger partial charge on any atom is 0.236 e. The average molecular weight is 458 g/mol. The third-order valence-corrected chi connectivity index (χ3v) is 7.04. The minimum atomic E-state index is 0.198. The third-order valence-electron chi connectivity index (χ3n) is 5.90. The number of morpholine rings is 1. The number of ether oxygens (including phenoxy) is 1. The summed E-state index contributed by atoms with van der Waals surface area (Å²) in [5, 5.41) is 3.96. The van der Waals surface area contributed by atoms with Crippen LogP contribution in [-0.2, 0) is 9.53 Å². The van der Waals surface area contributed by atoms with Crippen LogP contribution >= 0.6 is 22.9 Å². The summed E-state index contributed by atoms with van der Waals surface area (Å²) >= 11 is 7.71. The summed E-state index contributed by atoms with van der Waals surface area (Å²) in [7, 11) is 0. The van der Waals surface area contributed by atoms with Crippen LogP contribution in [0.15, 0.2) is 36.0 Å². The van der Waals surface area contributed by atoms with Gasteiger partial charge in [0, 0.05) is 55.2 Å². The maximum absolute atomic E-state index is 12.6. The first-order valence-electron chi connectivity index (χ1n) is 10.5. The van der Waals surface area contributed by atoms with Gasteiger partial charge in [0.15, 0.2) is 0 Å². The molecule has 0 N–H and O–H groups in total. The third kappa shape index (κ3) is 4.39. The Morgan fingerprint density at radius 3 is 2.52 bits per heavy atom. The normalized spacial score (nSPS) is 18.0. The molecule has 162 valence electrons. The monoisotopic (exact) mass is 457 g/mol. The number of halogens is 1. The van der Waals surface area contributed by atoms with Gasteiger partial charge in [0.05, 0.1) is 25.1 Å². The smallest absolute Gasteiger partial charge is 0.236 e. The number of aromatic nitrogens is 2. The van der Waals surface area contributed by atoms with Crippen LogP contribution in [0.4, 0.5) is 5.82 Å². The second kappa shape index (κ2) is 9.08. The molecule has 2 fully saturated rings. The van der Waals surface area contributed by atoms with E-state index in [0.29, 0.717) is 32.8 Å². The van der Waals surface area contributed by atoms with E-state index in [4.69, 9.17) is 16.3 Å². The number of piperazine rings is 1. The van der Waals surface area contributed by atoms with E-state index in [1.165, 1.54) is 0 Å². The van der Waals surface area contributed by atoms with E-state index in [0.717, 1.165) is 58.4 Å². The van der Waals surface area contributed by atoms with Gasteiger partial charge in [-0.1, -0.05) is 23.7 Å². The van der Waals surface area contributed by atoms with Crippen molar-refractivity contribution in [1.29, 1.82) is 0 Å². The topological polar surface area (TPSA) is 61.8 Å². The minimum absolute atomic E-state index is 0.198. The Morgan fingerprint density at radius 2 is 1.77 bits per heavy atom. The van der Waals surface area contributed by atoms with Crippen LogP contribution < -0.4 is 4.90 Å². The van der Waals surface area contributed by atoms with Gasteiger partial charge in [-0.3, -0.25) is 9.69 Å². The van der Waals surface area contributed by atoms with Gasteiger partial charge in [-0.15, -0.1) is 11.3 Å². The highest BCUT2D eigenvalue weighted by Crippen LogP contribution is 2.38. The number of nitrogens with zero attached hydrogens (tertiary/aromatic N) is 5. The lowest BCUT2D eigenvalue weighted by Crippen LogP contribution is -2.51. The predicted octanol–water partition coefficient (Wildman–Crippen LogP) is 2.99. The number of rotatable bonds is 4. The lowest BCUT2D eigenvalue weighted by Gasteiger charge is -2.36. The van der Waals surface area contributed by atoms with E-state index in [9.17, 15) is 4.79 Å². The van der Waals surface area contributed by atoms with Gasteiger partial charge in [-0.2, -0.15) is 0 Å². The molecule has 0 radical (unpaired) electrons. The fraction of sp³-hybridized carbons (Fsp3) is 0.409. The van der Waals surface area contributed by atoms with E-state index < -0.39 is 0 Å². The lowest BCUT2D eigenvalue weighted by molar-refractivity contribution is -0.136. The van der Waals surface area contributed by atoms with Crippen molar-refractivity contribution in [1.82, 2.24) is 19.8 Å². The zero-order chi connectivity index (χ0) is 21.2. The van der Waals surface area contributed by atoms with Gasteiger partial charge in [0.2, 0.25) is 5.91 Å². The molecule has 2 aromatic heterocycles. The van der Waals surface area contributed by atoms with Gasteiger partial charge in [-0.05, 0) is 17.7 Å². The first kappa shape index (κ1) is 20.6. The van der Waals surface area contributed by atoms with Crippen LogP contribution in [0.3, 0.4) is 0 Å². The molecule has 1 aromatic carbocycles. The summed E-state index contributed by atoms with van der Waals surface area (Å²) in [5.74, 6) is 1.17. The highest BCUT2D eigenvalue weighted by molar-refractivity contribution is 7.17. The van der Waals surface area contributed by atoms with Gasteiger partial charge >= 0.3 is 0 Å². The summed E-state index contributed by atoms with van der Waals surface area (Å²) in [6.07, 6.45) is 1.65. The van der Waals surface area contributed by atoms with Gasteiger partial charge in [0.1, 0.15) is 17.0 Å². The molecule has 31 heavy (non-hydrogen) atoms. The molecule has 0 aliphatic carbocycles. The van der Waals surface area contributed by atoms with E-state index in [1.54, 1.807) is 17.7 Å². The molecule has 3 aromatic rings. The number of anilines is 1. The molecule has 9 heteroatoms. The number of thiophene rings is 1. The van der Waals surface area contributed by atoms with Crippen molar-refractivity contribution < 1.29 is 9.53 Å². The molecular formula is C22H24ClN5O2S. The van der Waals surface area contributed by atoms with Crippen LogP contribution in [0.5, 0.6) is 0 Å². The molecular weight excluding hydrogens is 434 g/mol. The first-order valence-corrected chi connectivity index (χ1v) is 11.8. The van der Waals surface area contributed by atoms with Crippen molar-refractivity contribution in [2.45, 2.75) is 0 Å². The van der Waals surface area contributed by atoms with E-state index in [2.05, 4.69) is 25.1 Å². The molecule has 4 heterocycles. The van der Waals surface area contributed by atoms with Gasteiger partial charge < -0.3 is 14.5 Å². The number of carbonyl (C=O) groups is 1. The molecule has 1 amide bonds. The molecule has 0 bridgehead atoms. The van der Waals surface area contributed by atoms with Crippen molar-refractivity contribution in [2.75, 3.05) is 63.9 Å². The Hall–Kier alpha value is -2.26. The Kier molecular flexibility index (Phi) is 6.04. The van der Waals surface area contributed by atoms with Crippen molar-refractivity contribution in [2.24, 2.45) is 0 Å². The second-order valence-electron chi connectivity index (χ2n) is 7.79. The molecule has 5 rings (SSSR count). The second-order valence-corrected chi connectivity index (χ2v) is 9.08. The molecule has 7 nitrogen and oxygen atoms in total. The van der Waals surface area contributed by atoms with Crippen LogP contribution in [0, 0.1) is 0 Å². The molecule has 0 spiro atoms. The predicted molar refractivity (Wildman–Crippen MR) is 124 cm³/mol. The SMILES string of the molecule is O=C(CN1CCN(c2ncnc3scc(-c4ccc(Cl)cc4)c23)CC1)N1CCOCC1. The standard InChI is InChI=1S/C22H24ClN5O2S/c23-17-3-1-16(2-4-17)18-14-31-22-20(18)21(24-15-25-22)28-7-5-26(6-8-28)13-19(29)27-9-11-30-12-10-27/h1-4,14-15H,5-13H2. The summed E-state index contributed by atoms with van der Waals surface area (Å²) in [5.41, 5.74) is 2.25. The average Bonchev–Trinajstić information content (AvgIpc) is 3.25. The Bertz CT molecular complexity index is 1060. The van der Waals surface area contributed by atoms with Crippen LogP contribution in [-0.4, -0.2) is 84.7 Å². The van der Waals surface area contributed by atoms with E-state index in [1.807, 2.05) is 29.2 Å². The van der Waals surface area contributed by atoms with Gasteiger partial charge in [-0.25, -0.2) is 9.97 Å². The number of hydrogen-bond acceptors (Lipinski definition) is 7. The highest BCUT2D eigenvalue weighted by atomic mass is 35.5.